The third kappa shape index (κ3) is 4.46. The van der Waals surface area contributed by atoms with E-state index in [1.165, 1.54) is 43.5 Å². The van der Waals surface area contributed by atoms with E-state index in [2.05, 4.69) is 15.0 Å². The number of carbonyl (C=O) groups is 1. The highest BCUT2D eigenvalue weighted by molar-refractivity contribution is 5.97. The number of Topliss-reactive ketones (excluding diaryl/α,β-unsaturated/α-hetero) is 1. The molecule has 0 spiro atoms. The maximum atomic E-state index is 13.1. The number of carbonyl (C=O) groups excluding carboxylic acids is 1. The molecule has 0 N–H and O–H groups in total. The first kappa shape index (κ1) is 20.2. The molecule has 0 amide bonds. The lowest BCUT2D eigenvalue weighted by atomic mass is 9.86. The molecule has 1 saturated carbocycles. The number of ketones is 1. The summed E-state index contributed by atoms with van der Waals surface area (Å²) in [7, 11) is 0. The van der Waals surface area contributed by atoms with Crippen LogP contribution >= 0.6 is 0 Å². The Hall–Kier alpha value is -3.74. The molecule has 1 aliphatic rings. The fourth-order valence-corrected chi connectivity index (χ4v) is 3.60. The van der Waals surface area contributed by atoms with Gasteiger partial charge in [-0.15, -0.1) is 0 Å². The number of benzene rings is 1. The maximum Gasteiger partial charge on any atom is 0.232 e. The minimum absolute atomic E-state index is 0.109. The van der Waals surface area contributed by atoms with Gasteiger partial charge in [0, 0.05) is 17.1 Å². The number of fused-ring (bicyclic) bond motifs is 1. The van der Waals surface area contributed by atoms with Gasteiger partial charge in [-0.3, -0.25) is 14.8 Å². The van der Waals surface area contributed by atoms with E-state index in [0.717, 1.165) is 5.39 Å². The second-order valence-electron chi connectivity index (χ2n) is 8.02. The van der Waals surface area contributed by atoms with Crippen LogP contribution in [0.25, 0.3) is 22.3 Å². The Bertz CT molecular complexity index is 1270. The minimum atomic E-state index is -0.372. The van der Waals surface area contributed by atoms with Crippen LogP contribution in [0.3, 0.4) is 0 Å². The van der Waals surface area contributed by atoms with Gasteiger partial charge in [-0.05, 0) is 61.2 Å². The maximum absolute atomic E-state index is 13.1. The van der Waals surface area contributed by atoms with Crippen LogP contribution in [0.1, 0.15) is 35.3 Å². The van der Waals surface area contributed by atoms with Crippen molar-refractivity contribution in [1.29, 1.82) is 0 Å². The van der Waals surface area contributed by atoms with E-state index in [1.807, 2.05) is 12.1 Å². The van der Waals surface area contributed by atoms with E-state index in [4.69, 9.17) is 9.72 Å². The van der Waals surface area contributed by atoms with Crippen LogP contribution in [0, 0.1) is 11.7 Å². The number of aromatic nitrogens is 4. The van der Waals surface area contributed by atoms with Gasteiger partial charge >= 0.3 is 0 Å². The van der Waals surface area contributed by atoms with E-state index in [9.17, 15) is 9.18 Å². The molecule has 0 aliphatic heterocycles. The molecule has 32 heavy (non-hydrogen) atoms. The quantitative estimate of drug-likeness (QED) is 0.392. The van der Waals surface area contributed by atoms with Gasteiger partial charge in [-0.25, -0.2) is 14.4 Å². The zero-order chi connectivity index (χ0) is 21.9. The number of ether oxygens (including phenoxy) is 1. The van der Waals surface area contributed by atoms with E-state index >= 15 is 0 Å². The Morgan fingerprint density at radius 2 is 1.84 bits per heavy atom. The minimum Gasteiger partial charge on any atom is -0.476 e. The van der Waals surface area contributed by atoms with Gasteiger partial charge in [-0.1, -0.05) is 6.42 Å². The SMILES string of the molecule is O=C(Cc1cc2nc(-c3cncc(OCC4CCC4)n3)ccc2cn1)c1ccc(F)cc1. The average Bonchev–Trinajstić information content (AvgIpc) is 2.78. The second kappa shape index (κ2) is 8.78. The number of rotatable bonds is 7. The fraction of sp³-hybridized carbons (Fsp3) is 0.240. The molecule has 4 aromatic rings. The molecule has 0 radical (unpaired) electrons. The second-order valence-corrected chi connectivity index (χ2v) is 8.02. The smallest absolute Gasteiger partial charge is 0.232 e. The average molecular weight is 428 g/mol. The summed E-state index contributed by atoms with van der Waals surface area (Å²) < 4.78 is 18.9. The molecule has 160 valence electrons. The number of hydrogen-bond donors (Lipinski definition) is 0. The van der Waals surface area contributed by atoms with Crippen LogP contribution in [0.2, 0.25) is 0 Å². The van der Waals surface area contributed by atoms with Crippen molar-refractivity contribution in [3.8, 4) is 17.3 Å². The summed E-state index contributed by atoms with van der Waals surface area (Å²) in [6.45, 7) is 0.667. The highest BCUT2D eigenvalue weighted by Crippen LogP contribution is 2.27. The molecule has 1 aromatic carbocycles. The van der Waals surface area contributed by atoms with Crippen LogP contribution in [0.4, 0.5) is 4.39 Å². The molecular formula is C25H21FN4O2. The molecule has 0 bridgehead atoms. The molecule has 0 saturated heterocycles. The van der Waals surface area contributed by atoms with Crippen LogP contribution in [0.5, 0.6) is 5.88 Å². The Morgan fingerprint density at radius 3 is 2.62 bits per heavy atom. The van der Waals surface area contributed by atoms with Crippen molar-refractivity contribution in [1.82, 2.24) is 19.9 Å². The van der Waals surface area contributed by atoms with Gasteiger partial charge in [0.25, 0.3) is 0 Å². The summed E-state index contributed by atoms with van der Waals surface area (Å²) in [5.74, 6) is 0.609. The first-order valence-corrected chi connectivity index (χ1v) is 10.6. The highest BCUT2D eigenvalue weighted by Gasteiger charge is 2.18. The molecule has 5 rings (SSSR count). The summed E-state index contributed by atoms with van der Waals surface area (Å²) in [4.78, 5) is 30.4. The summed E-state index contributed by atoms with van der Waals surface area (Å²) in [5, 5.41) is 0.858. The Morgan fingerprint density at radius 1 is 1.00 bits per heavy atom. The molecule has 0 unspecified atom stereocenters. The monoisotopic (exact) mass is 428 g/mol. The fourth-order valence-electron chi connectivity index (χ4n) is 3.60. The molecule has 1 aliphatic carbocycles. The molecule has 3 aromatic heterocycles. The summed E-state index contributed by atoms with van der Waals surface area (Å²) in [6.07, 6.45) is 8.77. The summed E-state index contributed by atoms with van der Waals surface area (Å²) in [6, 6.07) is 11.1. The molecule has 0 atom stereocenters. The highest BCUT2D eigenvalue weighted by atomic mass is 19.1. The van der Waals surface area contributed by atoms with E-state index < -0.39 is 0 Å². The third-order valence-corrected chi connectivity index (χ3v) is 5.70. The van der Waals surface area contributed by atoms with Crippen molar-refractivity contribution in [2.24, 2.45) is 5.92 Å². The first-order chi connectivity index (χ1) is 15.6. The standard InChI is InChI=1S/C25H21FN4O2/c26-19-7-4-17(5-8-19)24(31)11-20-10-22-18(12-28-20)6-9-21(29-22)23-13-27-14-25(30-23)32-15-16-2-1-3-16/h4-10,12-14,16H,1-3,11,15H2. The zero-order valence-corrected chi connectivity index (χ0v) is 17.4. The van der Waals surface area contributed by atoms with Crippen molar-refractivity contribution in [2.45, 2.75) is 25.7 Å². The van der Waals surface area contributed by atoms with Crippen molar-refractivity contribution < 1.29 is 13.9 Å². The molecule has 6 nitrogen and oxygen atoms in total. The topological polar surface area (TPSA) is 77.9 Å². The van der Waals surface area contributed by atoms with E-state index in [1.54, 1.807) is 24.7 Å². The Balaban J connectivity index is 1.36. The number of pyridine rings is 2. The normalized spacial score (nSPS) is 13.7. The molecule has 3 heterocycles. The lowest BCUT2D eigenvalue weighted by Crippen LogP contribution is -2.19. The largest absolute Gasteiger partial charge is 0.476 e. The van der Waals surface area contributed by atoms with E-state index in [-0.39, 0.29) is 18.0 Å². The van der Waals surface area contributed by atoms with Gasteiger partial charge < -0.3 is 4.74 Å². The zero-order valence-electron chi connectivity index (χ0n) is 17.4. The van der Waals surface area contributed by atoms with E-state index in [0.29, 0.717) is 46.6 Å². The van der Waals surface area contributed by atoms with Crippen LogP contribution in [0.15, 0.2) is 61.1 Å². The van der Waals surface area contributed by atoms with Gasteiger partial charge in [0.1, 0.15) is 11.5 Å². The van der Waals surface area contributed by atoms with Crippen molar-refractivity contribution in [3.63, 3.8) is 0 Å². The van der Waals surface area contributed by atoms with Gasteiger partial charge in [0.2, 0.25) is 5.88 Å². The number of nitrogens with zero attached hydrogens (tertiary/aromatic N) is 4. The lowest BCUT2D eigenvalue weighted by molar-refractivity contribution is 0.0992. The van der Waals surface area contributed by atoms with Crippen molar-refractivity contribution in [3.05, 3.63) is 78.1 Å². The third-order valence-electron chi connectivity index (χ3n) is 5.70. The van der Waals surface area contributed by atoms with Crippen LogP contribution in [-0.4, -0.2) is 32.3 Å². The lowest BCUT2D eigenvalue weighted by Gasteiger charge is -2.24. The van der Waals surface area contributed by atoms with Gasteiger partial charge in [-0.2, -0.15) is 0 Å². The summed E-state index contributed by atoms with van der Waals surface area (Å²) >= 11 is 0. The summed E-state index contributed by atoms with van der Waals surface area (Å²) in [5.41, 5.74) is 3.05. The Kier molecular flexibility index (Phi) is 5.54. The predicted molar refractivity (Wildman–Crippen MR) is 118 cm³/mol. The molecule has 7 heteroatoms. The van der Waals surface area contributed by atoms with Crippen LogP contribution < -0.4 is 4.74 Å². The van der Waals surface area contributed by atoms with Crippen molar-refractivity contribution >= 4 is 16.7 Å². The van der Waals surface area contributed by atoms with Gasteiger partial charge in [0.15, 0.2) is 5.78 Å². The molecular weight excluding hydrogens is 407 g/mol. The first-order valence-electron chi connectivity index (χ1n) is 10.6. The van der Waals surface area contributed by atoms with Crippen molar-refractivity contribution in [2.75, 3.05) is 6.61 Å². The van der Waals surface area contributed by atoms with Crippen LogP contribution in [-0.2, 0) is 6.42 Å². The molecule has 1 fully saturated rings. The number of hydrogen-bond acceptors (Lipinski definition) is 6. The number of halogens is 1. The Labute approximate surface area is 184 Å². The van der Waals surface area contributed by atoms with Gasteiger partial charge in [0.05, 0.1) is 42.3 Å². The predicted octanol–water partition coefficient (Wildman–Crippen LogP) is 4.83.